The van der Waals surface area contributed by atoms with Crippen molar-refractivity contribution in [3.63, 3.8) is 0 Å². The first-order valence-electron chi connectivity index (χ1n) is 6.29. The summed E-state index contributed by atoms with van der Waals surface area (Å²) in [4.78, 5) is 11.2. The lowest BCUT2D eigenvalue weighted by molar-refractivity contribution is -0.143. The molecule has 6 nitrogen and oxygen atoms in total. The maximum atomic E-state index is 12.0. The van der Waals surface area contributed by atoms with Crippen LogP contribution in [0.25, 0.3) is 0 Å². The van der Waals surface area contributed by atoms with E-state index in [2.05, 4.69) is 4.72 Å². The highest BCUT2D eigenvalue weighted by atomic mass is 32.2. The fraction of sp³-hybridized carbons (Fsp3) is 0.462. The smallest absolute Gasteiger partial charge is 0.305 e. The molecule has 20 heavy (non-hydrogen) atoms. The van der Waals surface area contributed by atoms with Crippen molar-refractivity contribution in [2.24, 2.45) is 0 Å². The van der Waals surface area contributed by atoms with Gasteiger partial charge in [-0.3, -0.25) is 4.79 Å². The van der Waals surface area contributed by atoms with E-state index in [0.29, 0.717) is 18.8 Å². The standard InChI is InChI=1S/C13H19NO5S/c1-3-19-13(15)8-5-9-14-20(16,17)12-7-4-6-11(10-12)18-2/h4,6-7,10,14H,3,5,8-9H2,1-2H3. The first kappa shape index (κ1) is 16.5. The molecule has 1 N–H and O–H groups in total. The second-order valence-electron chi connectivity index (χ2n) is 3.99. The first-order valence-corrected chi connectivity index (χ1v) is 7.77. The van der Waals surface area contributed by atoms with E-state index < -0.39 is 10.0 Å². The number of sulfonamides is 1. The highest BCUT2D eigenvalue weighted by Crippen LogP contribution is 2.16. The monoisotopic (exact) mass is 301 g/mol. The zero-order valence-corrected chi connectivity index (χ0v) is 12.4. The average Bonchev–Trinajstić information content (AvgIpc) is 2.44. The lowest BCUT2D eigenvalue weighted by Crippen LogP contribution is -2.25. The van der Waals surface area contributed by atoms with Gasteiger partial charge in [0.2, 0.25) is 10.0 Å². The van der Waals surface area contributed by atoms with Crippen LogP contribution in [0.15, 0.2) is 29.2 Å². The van der Waals surface area contributed by atoms with Crippen molar-refractivity contribution in [2.45, 2.75) is 24.7 Å². The molecule has 0 heterocycles. The van der Waals surface area contributed by atoms with Crippen LogP contribution in [0.2, 0.25) is 0 Å². The SMILES string of the molecule is CCOC(=O)CCCNS(=O)(=O)c1cccc(OC)c1. The van der Waals surface area contributed by atoms with Gasteiger partial charge in [0, 0.05) is 19.0 Å². The Morgan fingerprint density at radius 2 is 2.10 bits per heavy atom. The van der Waals surface area contributed by atoms with Crippen molar-refractivity contribution in [1.82, 2.24) is 4.72 Å². The lowest BCUT2D eigenvalue weighted by Gasteiger charge is -2.08. The predicted molar refractivity (Wildman–Crippen MR) is 74.0 cm³/mol. The molecule has 0 atom stereocenters. The molecular formula is C13H19NO5S. The van der Waals surface area contributed by atoms with Crippen LogP contribution in [0.4, 0.5) is 0 Å². The van der Waals surface area contributed by atoms with Crippen LogP contribution >= 0.6 is 0 Å². The number of esters is 1. The van der Waals surface area contributed by atoms with Gasteiger partial charge < -0.3 is 9.47 Å². The van der Waals surface area contributed by atoms with Crippen LogP contribution < -0.4 is 9.46 Å². The summed E-state index contributed by atoms with van der Waals surface area (Å²) in [6, 6.07) is 6.19. The van der Waals surface area contributed by atoms with Crippen LogP contribution in [0.5, 0.6) is 5.75 Å². The van der Waals surface area contributed by atoms with Crippen LogP contribution in [0.3, 0.4) is 0 Å². The number of nitrogens with one attached hydrogen (secondary N) is 1. The van der Waals surface area contributed by atoms with E-state index in [1.807, 2.05) is 0 Å². The third-order valence-electron chi connectivity index (χ3n) is 2.51. The van der Waals surface area contributed by atoms with Crippen molar-refractivity contribution in [3.05, 3.63) is 24.3 Å². The lowest BCUT2D eigenvalue weighted by atomic mass is 10.3. The number of carbonyl (C=O) groups is 1. The van der Waals surface area contributed by atoms with Gasteiger partial charge >= 0.3 is 5.97 Å². The van der Waals surface area contributed by atoms with Crippen LogP contribution in [-0.2, 0) is 19.6 Å². The van der Waals surface area contributed by atoms with Gasteiger partial charge in [-0.1, -0.05) is 6.07 Å². The van der Waals surface area contributed by atoms with Crippen LogP contribution in [0.1, 0.15) is 19.8 Å². The van der Waals surface area contributed by atoms with Gasteiger partial charge in [0.25, 0.3) is 0 Å². The van der Waals surface area contributed by atoms with Gasteiger partial charge in [-0.25, -0.2) is 13.1 Å². The minimum atomic E-state index is -3.59. The Balaban J connectivity index is 2.51. The van der Waals surface area contributed by atoms with E-state index in [4.69, 9.17) is 9.47 Å². The molecule has 0 aliphatic rings. The van der Waals surface area contributed by atoms with E-state index in [-0.39, 0.29) is 23.8 Å². The molecule has 0 amide bonds. The van der Waals surface area contributed by atoms with Crippen molar-refractivity contribution < 1.29 is 22.7 Å². The second kappa shape index (κ2) is 7.86. The number of hydrogen-bond donors (Lipinski definition) is 1. The summed E-state index contributed by atoms with van der Waals surface area (Å²) in [7, 11) is -2.11. The molecule has 0 spiro atoms. The molecule has 0 fully saturated rings. The number of ether oxygens (including phenoxy) is 2. The summed E-state index contributed by atoms with van der Waals surface area (Å²) in [6.07, 6.45) is 0.580. The number of rotatable bonds is 8. The Hall–Kier alpha value is -1.60. The molecule has 0 aliphatic heterocycles. The van der Waals surface area contributed by atoms with Crippen molar-refractivity contribution >= 4 is 16.0 Å². The Kier molecular flexibility index (Phi) is 6.47. The van der Waals surface area contributed by atoms with Crippen molar-refractivity contribution in [1.29, 1.82) is 0 Å². The van der Waals surface area contributed by atoms with E-state index in [9.17, 15) is 13.2 Å². The zero-order valence-electron chi connectivity index (χ0n) is 11.6. The molecule has 0 saturated carbocycles. The normalized spacial score (nSPS) is 11.1. The summed E-state index contributed by atoms with van der Waals surface area (Å²) in [5, 5.41) is 0. The molecule has 7 heteroatoms. The molecule has 1 aromatic carbocycles. The number of benzene rings is 1. The van der Waals surface area contributed by atoms with Crippen LogP contribution in [0, 0.1) is 0 Å². The fourth-order valence-electron chi connectivity index (χ4n) is 1.52. The van der Waals surface area contributed by atoms with Gasteiger partial charge in [-0.15, -0.1) is 0 Å². The molecule has 0 bridgehead atoms. The van der Waals surface area contributed by atoms with Crippen molar-refractivity contribution in [2.75, 3.05) is 20.3 Å². The molecule has 1 aromatic rings. The molecule has 0 saturated heterocycles. The predicted octanol–water partition coefficient (Wildman–Crippen LogP) is 1.32. The fourth-order valence-corrected chi connectivity index (χ4v) is 2.63. The van der Waals surface area contributed by atoms with Crippen LogP contribution in [-0.4, -0.2) is 34.6 Å². The zero-order chi connectivity index (χ0) is 15.0. The number of hydrogen-bond acceptors (Lipinski definition) is 5. The maximum Gasteiger partial charge on any atom is 0.305 e. The Labute approximate surface area is 119 Å². The van der Waals surface area contributed by atoms with E-state index in [1.165, 1.54) is 19.2 Å². The number of methoxy groups -OCH3 is 1. The highest BCUT2D eigenvalue weighted by Gasteiger charge is 2.14. The largest absolute Gasteiger partial charge is 0.497 e. The summed E-state index contributed by atoms with van der Waals surface area (Å²) in [5.41, 5.74) is 0. The summed E-state index contributed by atoms with van der Waals surface area (Å²) < 4.78 is 36.1. The molecule has 0 aromatic heterocycles. The van der Waals surface area contributed by atoms with E-state index >= 15 is 0 Å². The minimum absolute atomic E-state index is 0.132. The maximum absolute atomic E-state index is 12.0. The third kappa shape index (κ3) is 5.18. The molecule has 0 unspecified atom stereocenters. The Morgan fingerprint density at radius 1 is 1.35 bits per heavy atom. The minimum Gasteiger partial charge on any atom is -0.497 e. The Morgan fingerprint density at radius 3 is 2.75 bits per heavy atom. The van der Waals surface area contributed by atoms with E-state index in [0.717, 1.165) is 0 Å². The topological polar surface area (TPSA) is 81.7 Å². The van der Waals surface area contributed by atoms with Crippen molar-refractivity contribution in [3.8, 4) is 5.75 Å². The third-order valence-corrected chi connectivity index (χ3v) is 3.97. The second-order valence-corrected chi connectivity index (χ2v) is 5.75. The van der Waals surface area contributed by atoms with Gasteiger partial charge in [-0.05, 0) is 25.5 Å². The van der Waals surface area contributed by atoms with Gasteiger partial charge in [0.1, 0.15) is 5.75 Å². The molecule has 112 valence electrons. The average molecular weight is 301 g/mol. The molecular weight excluding hydrogens is 282 g/mol. The molecule has 0 aliphatic carbocycles. The summed E-state index contributed by atoms with van der Waals surface area (Å²) in [6.45, 7) is 2.23. The van der Waals surface area contributed by atoms with Gasteiger partial charge in [0.15, 0.2) is 0 Å². The van der Waals surface area contributed by atoms with Gasteiger partial charge in [0.05, 0.1) is 18.6 Å². The highest BCUT2D eigenvalue weighted by molar-refractivity contribution is 7.89. The Bertz CT molecular complexity index is 541. The molecule has 1 rings (SSSR count). The first-order chi connectivity index (χ1) is 9.49. The quantitative estimate of drug-likeness (QED) is 0.578. The summed E-state index contributed by atoms with van der Waals surface area (Å²) >= 11 is 0. The summed E-state index contributed by atoms with van der Waals surface area (Å²) in [5.74, 6) is 0.146. The number of carbonyl (C=O) groups excluding carboxylic acids is 1. The molecule has 0 radical (unpaired) electrons. The van der Waals surface area contributed by atoms with Gasteiger partial charge in [-0.2, -0.15) is 0 Å². The van der Waals surface area contributed by atoms with E-state index in [1.54, 1.807) is 19.1 Å².